The summed E-state index contributed by atoms with van der Waals surface area (Å²) in [6.45, 7) is 5.00. The topological polar surface area (TPSA) is 41.1 Å². The van der Waals surface area contributed by atoms with Crippen molar-refractivity contribution in [3.63, 3.8) is 0 Å². The molecule has 1 saturated heterocycles. The summed E-state index contributed by atoms with van der Waals surface area (Å²) < 4.78 is 0. The van der Waals surface area contributed by atoms with Crippen LogP contribution in [0.5, 0.6) is 0 Å². The molecule has 3 nitrogen and oxygen atoms in total. The summed E-state index contributed by atoms with van der Waals surface area (Å²) in [7, 11) is 0. The van der Waals surface area contributed by atoms with Crippen LogP contribution in [0.2, 0.25) is 5.02 Å². The second-order valence-electron chi connectivity index (χ2n) is 5.05. The Kier molecular flexibility index (Phi) is 4.25. The number of halogens is 1. The molecule has 18 heavy (non-hydrogen) atoms. The molecule has 0 saturated carbocycles. The van der Waals surface area contributed by atoms with Crippen molar-refractivity contribution in [3.05, 3.63) is 28.8 Å². The molecule has 0 aromatic heterocycles. The molecule has 1 heterocycles. The normalized spacial score (nSPS) is 23.7. The lowest BCUT2D eigenvalue weighted by molar-refractivity contribution is -0.120. The van der Waals surface area contributed by atoms with Crippen LogP contribution in [0.1, 0.15) is 25.3 Å². The molecule has 1 aliphatic heterocycles. The maximum absolute atomic E-state index is 12.2. The van der Waals surface area contributed by atoms with E-state index >= 15 is 0 Å². The number of carbonyl (C=O) groups excluding carboxylic acids is 1. The highest BCUT2D eigenvalue weighted by molar-refractivity contribution is 6.33. The standard InChI is InChI=1S/C14H19ClN2O/c1-9-3-4-12(15)13(7-9)17-14(18)11-5-6-16-10(2)8-11/h3-4,7,10-11,16H,5-6,8H2,1-2H3,(H,17,18). The van der Waals surface area contributed by atoms with Gasteiger partial charge in [0.1, 0.15) is 0 Å². The van der Waals surface area contributed by atoms with E-state index in [0.717, 1.165) is 24.9 Å². The maximum Gasteiger partial charge on any atom is 0.227 e. The average Bonchev–Trinajstić information content (AvgIpc) is 2.34. The zero-order valence-electron chi connectivity index (χ0n) is 10.8. The molecule has 1 aromatic carbocycles. The number of anilines is 1. The number of nitrogens with one attached hydrogen (secondary N) is 2. The van der Waals surface area contributed by atoms with Gasteiger partial charge in [0.15, 0.2) is 0 Å². The van der Waals surface area contributed by atoms with Crippen molar-refractivity contribution < 1.29 is 4.79 Å². The fraction of sp³-hybridized carbons (Fsp3) is 0.500. The lowest BCUT2D eigenvalue weighted by Gasteiger charge is -2.27. The van der Waals surface area contributed by atoms with Crippen LogP contribution in [0.3, 0.4) is 0 Å². The quantitative estimate of drug-likeness (QED) is 0.864. The molecule has 1 aromatic rings. The Morgan fingerprint density at radius 1 is 1.50 bits per heavy atom. The van der Waals surface area contributed by atoms with Crippen molar-refractivity contribution >= 4 is 23.2 Å². The van der Waals surface area contributed by atoms with Crippen molar-refractivity contribution in [1.29, 1.82) is 0 Å². The van der Waals surface area contributed by atoms with E-state index in [4.69, 9.17) is 11.6 Å². The number of hydrogen-bond acceptors (Lipinski definition) is 2. The van der Waals surface area contributed by atoms with E-state index in [1.807, 2.05) is 25.1 Å². The first-order valence-corrected chi connectivity index (χ1v) is 6.74. The van der Waals surface area contributed by atoms with Crippen LogP contribution in [0.25, 0.3) is 0 Å². The zero-order chi connectivity index (χ0) is 13.1. The number of rotatable bonds is 2. The van der Waals surface area contributed by atoms with Gasteiger partial charge in [0, 0.05) is 12.0 Å². The van der Waals surface area contributed by atoms with E-state index < -0.39 is 0 Å². The van der Waals surface area contributed by atoms with Crippen LogP contribution >= 0.6 is 11.6 Å². The van der Waals surface area contributed by atoms with Crippen LogP contribution in [0, 0.1) is 12.8 Å². The molecule has 2 N–H and O–H groups in total. The molecule has 4 heteroatoms. The first-order chi connectivity index (χ1) is 8.56. The lowest BCUT2D eigenvalue weighted by Crippen LogP contribution is -2.40. The van der Waals surface area contributed by atoms with Gasteiger partial charge in [-0.15, -0.1) is 0 Å². The van der Waals surface area contributed by atoms with E-state index in [9.17, 15) is 4.79 Å². The van der Waals surface area contributed by atoms with E-state index in [2.05, 4.69) is 17.6 Å². The summed E-state index contributed by atoms with van der Waals surface area (Å²) in [4.78, 5) is 12.2. The second kappa shape index (κ2) is 5.72. The molecule has 1 aliphatic rings. The Morgan fingerprint density at radius 3 is 3.00 bits per heavy atom. The monoisotopic (exact) mass is 266 g/mol. The summed E-state index contributed by atoms with van der Waals surface area (Å²) in [6.07, 6.45) is 1.77. The molecule has 2 unspecified atom stereocenters. The van der Waals surface area contributed by atoms with Crippen molar-refractivity contribution in [3.8, 4) is 0 Å². The Hall–Kier alpha value is -1.06. The molecule has 0 bridgehead atoms. The smallest absolute Gasteiger partial charge is 0.227 e. The largest absolute Gasteiger partial charge is 0.325 e. The molecule has 1 amide bonds. The highest BCUT2D eigenvalue weighted by atomic mass is 35.5. The van der Waals surface area contributed by atoms with Gasteiger partial charge in [-0.1, -0.05) is 17.7 Å². The van der Waals surface area contributed by atoms with Crippen molar-refractivity contribution in [2.24, 2.45) is 5.92 Å². The van der Waals surface area contributed by atoms with Crippen LogP contribution in [-0.2, 0) is 4.79 Å². The minimum atomic E-state index is 0.0795. The SMILES string of the molecule is Cc1ccc(Cl)c(NC(=O)C2CCNC(C)C2)c1. The van der Waals surface area contributed by atoms with Gasteiger partial charge in [-0.2, -0.15) is 0 Å². The van der Waals surface area contributed by atoms with Crippen LogP contribution in [0.15, 0.2) is 18.2 Å². The summed E-state index contributed by atoms with van der Waals surface area (Å²) in [5.41, 5.74) is 1.81. The van der Waals surface area contributed by atoms with Crippen molar-refractivity contribution in [2.45, 2.75) is 32.7 Å². The highest BCUT2D eigenvalue weighted by Crippen LogP contribution is 2.25. The van der Waals surface area contributed by atoms with Crippen molar-refractivity contribution in [2.75, 3.05) is 11.9 Å². The second-order valence-corrected chi connectivity index (χ2v) is 5.46. The number of piperidine rings is 1. The van der Waals surface area contributed by atoms with E-state index in [1.54, 1.807) is 0 Å². The molecule has 1 fully saturated rings. The number of benzene rings is 1. The number of aryl methyl sites for hydroxylation is 1. The van der Waals surface area contributed by atoms with Gasteiger partial charge in [-0.3, -0.25) is 4.79 Å². The van der Waals surface area contributed by atoms with E-state index in [1.165, 1.54) is 0 Å². The van der Waals surface area contributed by atoms with Gasteiger partial charge in [0.25, 0.3) is 0 Å². The Labute approximate surface area is 113 Å². The lowest BCUT2D eigenvalue weighted by atomic mass is 9.92. The van der Waals surface area contributed by atoms with Crippen LogP contribution < -0.4 is 10.6 Å². The Balaban J connectivity index is 2.04. The average molecular weight is 267 g/mol. The Bertz CT molecular complexity index is 447. The van der Waals surface area contributed by atoms with Gasteiger partial charge in [-0.05, 0) is 50.9 Å². The fourth-order valence-electron chi connectivity index (χ4n) is 2.34. The number of amides is 1. The Morgan fingerprint density at radius 2 is 2.28 bits per heavy atom. The molecule has 98 valence electrons. The summed E-state index contributed by atoms with van der Waals surface area (Å²) in [5.74, 6) is 0.161. The summed E-state index contributed by atoms with van der Waals surface area (Å²) >= 11 is 6.08. The van der Waals surface area contributed by atoms with Gasteiger partial charge in [-0.25, -0.2) is 0 Å². The van der Waals surface area contributed by atoms with E-state index in [-0.39, 0.29) is 11.8 Å². The van der Waals surface area contributed by atoms with Gasteiger partial charge < -0.3 is 10.6 Å². The van der Waals surface area contributed by atoms with Crippen LogP contribution in [-0.4, -0.2) is 18.5 Å². The minimum absolute atomic E-state index is 0.0795. The van der Waals surface area contributed by atoms with Gasteiger partial charge in [0.05, 0.1) is 10.7 Å². The molecule has 2 atom stereocenters. The first-order valence-electron chi connectivity index (χ1n) is 6.36. The predicted octanol–water partition coefficient (Wildman–Crippen LogP) is 2.98. The molecule has 0 spiro atoms. The van der Waals surface area contributed by atoms with Gasteiger partial charge >= 0.3 is 0 Å². The number of carbonyl (C=O) groups is 1. The first kappa shape index (κ1) is 13.4. The highest BCUT2D eigenvalue weighted by Gasteiger charge is 2.25. The van der Waals surface area contributed by atoms with Crippen molar-refractivity contribution in [1.82, 2.24) is 5.32 Å². The summed E-state index contributed by atoms with van der Waals surface area (Å²) in [6, 6.07) is 6.06. The van der Waals surface area contributed by atoms with E-state index in [0.29, 0.717) is 16.8 Å². The molecular formula is C14H19ClN2O. The van der Waals surface area contributed by atoms with Gasteiger partial charge in [0.2, 0.25) is 5.91 Å². The van der Waals surface area contributed by atoms with Crippen LogP contribution in [0.4, 0.5) is 5.69 Å². The molecule has 0 radical (unpaired) electrons. The number of hydrogen-bond donors (Lipinski definition) is 2. The third-order valence-corrected chi connectivity index (χ3v) is 3.70. The third kappa shape index (κ3) is 3.24. The predicted molar refractivity (Wildman–Crippen MR) is 75.0 cm³/mol. The fourth-order valence-corrected chi connectivity index (χ4v) is 2.50. The zero-order valence-corrected chi connectivity index (χ0v) is 11.6. The third-order valence-electron chi connectivity index (χ3n) is 3.37. The summed E-state index contributed by atoms with van der Waals surface area (Å²) in [5, 5.41) is 6.88. The molecule has 2 rings (SSSR count). The molecular weight excluding hydrogens is 248 g/mol. The minimum Gasteiger partial charge on any atom is -0.325 e. The molecule has 0 aliphatic carbocycles. The maximum atomic E-state index is 12.2.